The molecule has 3 atom stereocenters. The van der Waals surface area contributed by atoms with Gasteiger partial charge in [0.15, 0.2) is 0 Å². The van der Waals surface area contributed by atoms with E-state index in [9.17, 15) is 4.79 Å². The Morgan fingerprint density at radius 2 is 2.00 bits per heavy atom. The van der Waals surface area contributed by atoms with Gasteiger partial charge in [0.05, 0.1) is 12.5 Å². The van der Waals surface area contributed by atoms with Gasteiger partial charge >= 0.3 is 5.97 Å². The highest BCUT2D eigenvalue weighted by atomic mass is 16.5. The first-order chi connectivity index (χ1) is 7.25. The van der Waals surface area contributed by atoms with Gasteiger partial charge in [-0.25, -0.2) is 0 Å². The van der Waals surface area contributed by atoms with Gasteiger partial charge in [0.2, 0.25) is 0 Å². The Hall–Kier alpha value is -1.31. The maximum atomic E-state index is 11.6. The lowest BCUT2D eigenvalue weighted by atomic mass is 10.1. The van der Waals surface area contributed by atoms with E-state index in [-0.39, 0.29) is 11.9 Å². The molecule has 0 aromatic heterocycles. The van der Waals surface area contributed by atoms with Gasteiger partial charge < -0.3 is 4.74 Å². The summed E-state index contributed by atoms with van der Waals surface area (Å²) in [4.78, 5) is 11.6. The molecule has 80 valence electrons. The van der Waals surface area contributed by atoms with Gasteiger partial charge in [0.25, 0.3) is 0 Å². The number of carbonyl (C=O) groups excluding carboxylic acids is 1. The number of rotatable bonds is 3. The maximum Gasteiger partial charge on any atom is 0.309 e. The molecule has 1 fully saturated rings. The molecular weight excluding hydrogens is 188 g/mol. The smallest absolute Gasteiger partial charge is 0.309 e. The molecule has 2 rings (SSSR count). The molecule has 0 spiro atoms. The lowest BCUT2D eigenvalue weighted by Gasteiger charge is -2.00. The third-order valence-corrected chi connectivity index (χ3v) is 3.12. The predicted molar refractivity (Wildman–Crippen MR) is 58.5 cm³/mol. The molecule has 1 aliphatic carbocycles. The van der Waals surface area contributed by atoms with Gasteiger partial charge in [-0.05, 0) is 18.4 Å². The van der Waals surface area contributed by atoms with Crippen LogP contribution >= 0.6 is 0 Å². The quantitative estimate of drug-likeness (QED) is 0.707. The summed E-state index contributed by atoms with van der Waals surface area (Å²) < 4.78 is 5.05. The predicted octanol–water partition coefficient (Wildman–Crippen LogP) is 2.60. The Labute approximate surface area is 90.3 Å². The highest BCUT2D eigenvalue weighted by molar-refractivity contribution is 5.78. The van der Waals surface area contributed by atoms with Crippen LogP contribution in [-0.2, 0) is 9.53 Å². The van der Waals surface area contributed by atoms with E-state index in [0.717, 1.165) is 0 Å². The van der Waals surface area contributed by atoms with Crippen molar-refractivity contribution in [3.05, 3.63) is 35.9 Å². The van der Waals surface area contributed by atoms with E-state index in [1.165, 1.54) is 5.56 Å². The number of carbonyl (C=O) groups is 1. The van der Waals surface area contributed by atoms with Crippen molar-refractivity contribution >= 4 is 5.97 Å². The minimum Gasteiger partial charge on any atom is -0.466 e. The Morgan fingerprint density at radius 3 is 2.60 bits per heavy atom. The van der Waals surface area contributed by atoms with Crippen LogP contribution in [0.4, 0.5) is 0 Å². The molecule has 1 saturated carbocycles. The summed E-state index contributed by atoms with van der Waals surface area (Å²) in [5.41, 5.74) is 1.25. The first-order valence-corrected chi connectivity index (χ1v) is 5.47. The van der Waals surface area contributed by atoms with Crippen molar-refractivity contribution in [3.63, 3.8) is 0 Å². The van der Waals surface area contributed by atoms with Crippen molar-refractivity contribution in [2.24, 2.45) is 11.8 Å². The molecule has 0 saturated heterocycles. The molecular formula is C13H16O2. The van der Waals surface area contributed by atoms with E-state index < -0.39 is 0 Å². The first kappa shape index (κ1) is 10.2. The fourth-order valence-corrected chi connectivity index (χ4v) is 2.25. The van der Waals surface area contributed by atoms with Crippen LogP contribution in [-0.4, -0.2) is 12.6 Å². The summed E-state index contributed by atoms with van der Waals surface area (Å²) >= 11 is 0. The lowest BCUT2D eigenvalue weighted by molar-refractivity contribution is -0.145. The summed E-state index contributed by atoms with van der Waals surface area (Å²) in [6.45, 7) is 4.44. The van der Waals surface area contributed by atoms with Gasteiger partial charge in [-0.2, -0.15) is 0 Å². The Balaban J connectivity index is 2.06. The van der Waals surface area contributed by atoms with E-state index in [0.29, 0.717) is 18.4 Å². The fraction of sp³-hybridized carbons (Fsp3) is 0.462. The van der Waals surface area contributed by atoms with Gasteiger partial charge in [0.1, 0.15) is 0 Å². The molecule has 0 radical (unpaired) electrons. The van der Waals surface area contributed by atoms with E-state index in [1.54, 1.807) is 0 Å². The zero-order valence-electron chi connectivity index (χ0n) is 9.14. The minimum absolute atomic E-state index is 0.0427. The van der Waals surface area contributed by atoms with Crippen molar-refractivity contribution in [3.8, 4) is 0 Å². The first-order valence-electron chi connectivity index (χ1n) is 5.47. The van der Waals surface area contributed by atoms with Crippen molar-refractivity contribution in [2.75, 3.05) is 6.61 Å². The largest absolute Gasteiger partial charge is 0.466 e. The lowest BCUT2D eigenvalue weighted by Crippen LogP contribution is -2.07. The highest BCUT2D eigenvalue weighted by Gasteiger charge is 2.53. The molecule has 0 N–H and O–H groups in total. The van der Waals surface area contributed by atoms with Crippen LogP contribution in [0, 0.1) is 11.8 Å². The second kappa shape index (κ2) is 4.05. The fourth-order valence-electron chi connectivity index (χ4n) is 2.25. The zero-order valence-corrected chi connectivity index (χ0v) is 9.14. The molecule has 15 heavy (non-hydrogen) atoms. The van der Waals surface area contributed by atoms with Crippen LogP contribution < -0.4 is 0 Å². The Bertz CT molecular complexity index is 345. The molecule has 0 heterocycles. The standard InChI is InChI=1S/C13H16O2/c1-3-15-13(14)12-9(2)11(12)10-7-5-4-6-8-10/h4-9,11-12H,3H2,1-2H3/t9?,11-,12+/m1/s1. The summed E-state index contributed by atoms with van der Waals surface area (Å²) in [5.74, 6) is 0.822. The number of esters is 1. The highest BCUT2D eigenvalue weighted by Crippen LogP contribution is 2.54. The Morgan fingerprint density at radius 1 is 1.33 bits per heavy atom. The second-order valence-corrected chi connectivity index (χ2v) is 4.07. The molecule has 1 aromatic rings. The monoisotopic (exact) mass is 204 g/mol. The number of ether oxygens (including phenoxy) is 1. The van der Waals surface area contributed by atoms with Crippen molar-refractivity contribution < 1.29 is 9.53 Å². The van der Waals surface area contributed by atoms with E-state index in [2.05, 4.69) is 19.1 Å². The third-order valence-electron chi connectivity index (χ3n) is 3.12. The average Bonchev–Trinajstić information content (AvgIpc) is 2.92. The van der Waals surface area contributed by atoms with E-state index >= 15 is 0 Å². The topological polar surface area (TPSA) is 26.3 Å². The maximum absolute atomic E-state index is 11.6. The summed E-state index contributed by atoms with van der Waals surface area (Å²) in [6.07, 6.45) is 0. The molecule has 2 nitrogen and oxygen atoms in total. The van der Waals surface area contributed by atoms with Gasteiger partial charge in [-0.15, -0.1) is 0 Å². The van der Waals surface area contributed by atoms with Crippen molar-refractivity contribution in [1.82, 2.24) is 0 Å². The van der Waals surface area contributed by atoms with Crippen LogP contribution in [0.3, 0.4) is 0 Å². The second-order valence-electron chi connectivity index (χ2n) is 4.07. The van der Waals surface area contributed by atoms with Crippen LogP contribution in [0.2, 0.25) is 0 Å². The average molecular weight is 204 g/mol. The van der Waals surface area contributed by atoms with Crippen LogP contribution in [0.5, 0.6) is 0 Å². The third kappa shape index (κ3) is 1.89. The zero-order chi connectivity index (χ0) is 10.8. The molecule has 1 aromatic carbocycles. The number of hydrogen-bond donors (Lipinski definition) is 0. The van der Waals surface area contributed by atoms with E-state index in [1.807, 2.05) is 25.1 Å². The van der Waals surface area contributed by atoms with Crippen LogP contribution in [0.15, 0.2) is 30.3 Å². The molecule has 1 unspecified atom stereocenters. The number of hydrogen-bond acceptors (Lipinski definition) is 2. The van der Waals surface area contributed by atoms with Gasteiger partial charge in [-0.3, -0.25) is 4.79 Å². The normalized spacial score (nSPS) is 28.5. The summed E-state index contributed by atoms with van der Waals surface area (Å²) in [5, 5.41) is 0. The van der Waals surface area contributed by atoms with Gasteiger partial charge in [-0.1, -0.05) is 37.3 Å². The molecule has 0 amide bonds. The van der Waals surface area contributed by atoms with Crippen LogP contribution in [0.25, 0.3) is 0 Å². The van der Waals surface area contributed by atoms with Crippen LogP contribution in [0.1, 0.15) is 25.3 Å². The molecule has 2 heteroatoms. The minimum atomic E-state index is -0.0427. The van der Waals surface area contributed by atoms with Crippen molar-refractivity contribution in [2.45, 2.75) is 19.8 Å². The molecule has 0 aliphatic heterocycles. The SMILES string of the molecule is CCOC(=O)[C@H]1C(C)[C@@H]1c1ccccc1. The summed E-state index contributed by atoms with van der Waals surface area (Å²) in [6, 6.07) is 10.2. The Kier molecular flexibility index (Phi) is 2.76. The van der Waals surface area contributed by atoms with E-state index in [4.69, 9.17) is 4.74 Å². The van der Waals surface area contributed by atoms with Crippen molar-refractivity contribution in [1.29, 1.82) is 0 Å². The molecule has 0 bridgehead atoms. The summed E-state index contributed by atoms with van der Waals surface area (Å²) in [7, 11) is 0. The molecule has 1 aliphatic rings. The number of benzene rings is 1. The van der Waals surface area contributed by atoms with Gasteiger partial charge in [0, 0.05) is 5.92 Å².